The van der Waals surface area contributed by atoms with Crippen molar-refractivity contribution in [3.63, 3.8) is 0 Å². The fourth-order valence-corrected chi connectivity index (χ4v) is 3.54. The molecule has 2 heterocycles. The molecule has 122 valence electrons. The maximum atomic E-state index is 12.3. The standard InChI is InChI=1S/C16H31N3O2/c1-13-6-4-8-18(10-13)16(2,3)12-17-15(21)19-9-5-7-14(19)11-20/h13-14,20H,4-12H2,1-3H3,(H,17,21)/t13?,14-/m0/s1. The number of rotatable bonds is 4. The van der Waals surface area contributed by atoms with E-state index in [1.807, 2.05) is 0 Å². The van der Waals surface area contributed by atoms with Crippen molar-refractivity contribution in [3.05, 3.63) is 0 Å². The lowest BCUT2D eigenvalue weighted by atomic mass is 9.93. The summed E-state index contributed by atoms with van der Waals surface area (Å²) in [5, 5.41) is 12.4. The second-order valence-electron chi connectivity index (χ2n) is 7.34. The molecule has 0 aromatic heterocycles. The van der Waals surface area contributed by atoms with Crippen LogP contribution < -0.4 is 5.32 Å². The largest absolute Gasteiger partial charge is 0.394 e. The summed E-state index contributed by atoms with van der Waals surface area (Å²) in [6, 6.07) is -0.0206. The van der Waals surface area contributed by atoms with E-state index in [2.05, 4.69) is 31.0 Å². The first-order valence-corrected chi connectivity index (χ1v) is 8.34. The lowest BCUT2D eigenvalue weighted by molar-refractivity contribution is 0.0703. The van der Waals surface area contributed by atoms with Gasteiger partial charge in [-0.3, -0.25) is 4.90 Å². The number of hydrogen-bond acceptors (Lipinski definition) is 3. The Balaban J connectivity index is 1.84. The Labute approximate surface area is 128 Å². The van der Waals surface area contributed by atoms with Gasteiger partial charge >= 0.3 is 6.03 Å². The first-order valence-electron chi connectivity index (χ1n) is 8.34. The van der Waals surface area contributed by atoms with Gasteiger partial charge in [0.05, 0.1) is 12.6 Å². The number of nitrogens with one attached hydrogen (secondary N) is 1. The zero-order valence-corrected chi connectivity index (χ0v) is 13.8. The van der Waals surface area contributed by atoms with E-state index in [4.69, 9.17) is 0 Å². The monoisotopic (exact) mass is 297 g/mol. The fourth-order valence-electron chi connectivity index (χ4n) is 3.54. The molecule has 0 radical (unpaired) electrons. The van der Waals surface area contributed by atoms with E-state index in [1.165, 1.54) is 12.8 Å². The first kappa shape index (κ1) is 16.6. The third-order valence-corrected chi connectivity index (χ3v) is 5.03. The minimum absolute atomic E-state index is 0.00289. The van der Waals surface area contributed by atoms with Crippen molar-refractivity contribution in [2.24, 2.45) is 5.92 Å². The maximum absolute atomic E-state index is 12.3. The van der Waals surface area contributed by atoms with Crippen LogP contribution in [0.25, 0.3) is 0 Å². The lowest BCUT2D eigenvalue weighted by Crippen LogP contribution is -2.56. The normalized spacial score (nSPS) is 27.9. The quantitative estimate of drug-likeness (QED) is 0.830. The van der Waals surface area contributed by atoms with Gasteiger partial charge in [0.25, 0.3) is 0 Å². The Morgan fingerprint density at radius 1 is 1.29 bits per heavy atom. The van der Waals surface area contributed by atoms with Gasteiger partial charge in [-0.05, 0) is 52.0 Å². The Kier molecular flexibility index (Phi) is 5.49. The highest BCUT2D eigenvalue weighted by Gasteiger charge is 2.32. The summed E-state index contributed by atoms with van der Waals surface area (Å²) in [6.45, 7) is 10.4. The van der Waals surface area contributed by atoms with Crippen LogP contribution in [0.3, 0.4) is 0 Å². The fraction of sp³-hybridized carbons (Fsp3) is 0.938. The van der Waals surface area contributed by atoms with Gasteiger partial charge in [-0.1, -0.05) is 6.92 Å². The summed E-state index contributed by atoms with van der Waals surface area (Å²) in [7, 11) is 0. The Morgan fingerprint density at radius 2 is 2.00 bits per heavy atom. The third kappa shape index (κ3) is 4.10. The van der Waals surface area contributed by atoms with E-state index in [-0.39, 0.29) is 24.2 Å². The SMILES string of the molecule is CC1CCCN(C(C)(C)CNC(=O)N2CCC[C@H]2CO)C1. The molecule has 2 aliphatic heterocycles. The van der Waals surface area contributed by atoms with Crippen molar-refractivity contribution in [2.75, 3.05) is 32.8 Å². The number of piperidine rings is 1. The smallest absolute Gasteiger partial charge is 0.317 e. The van der Waals surface area contributed by atoms with Gasteiger partial charge in [0, 0.05) is 25.2 Å². The number of amides is 2. The van der Waals surface area contributed by atoms with Gasteiger partial charge in [0.2, 0.25) is 0 Å². The van der Waals surface area contributed by atoms with Crippen LogP contribution in [0.4, 0.5) is 4.79 Å². The lowest BCUT2D eigenvalue weighted by Gasteiger charge is -2.43. The van der Waals surface area contributed by atoms with E-state index in [9.17, 15) is 9.90 Å². The molecule has 2 N–H and O–H groups in total. The molecule has 1 unspecified atom stereocenters. The molecule has 0 aromatic rings. The number of nitrogens with zero attached hydrogens (tertiary/aromatic N) is 2. The molecule has 0 spiro atoms. The van der Waals surface area contributed by atoms with Crippen LogP contribution in [0.1, 0.15) is 46.5 Å². The molecule has 2 amide bonds. The number of carbonyl (C=O) groups excluding carboxylic acids is 1. The number of carbonyl (C=O) groups is 1. The second-order valence-corrected chi connectivity index (χ2v) is 7.34. The maximum Gasteiger partial charge on any atom is 0.317 e. The van der Waals surface area contributed by atoms with Gasteiger partial charge in [-0.25, -0.2) is 4.79 Å². The van der Waals surface area contributed by atoms with Gasteiger partial charge < -0.3 is 15.3 Å². The minimum atomic E-state index is -0.0234. The van der Waals surface area contributed by atoms with Gasteiger partial charge in [-0.2, -0.15) is 0 Å². The highest BCUT2D eigenvalue weighted by molar-refractivity contribution is 5.75. The highest BCUT2D eigenvalue weighted by Crippen LogP contribution is 2.23. The molecule has 2 atom stereocenters. The number of aliphatic hydroxyl groups is 1. The van der Waals surface area contributed by atoms with E-state index in [0.29, 0.717) is 6.54 Å². The second kappa shape index (κ2) is 6.97. The number of aliphatic hydroxyl groups excluding tert-OH is 1. The van der Waals surface area contributed by atoms with Crippen molar-refractivity contribution in [1.29, 1.82) is 0 Å². The number of likely N-dealkylation sites (tertiary alicyclic amines) is 2. The Bertz CT molecular complexity index is 359. The van der Waals surface area contributed by atoms with Crippen LogP contribution in [-0.4, -0.2) is 65.3 Å². The summed E-state index contributed by atoms with van der Waals surface area (Å²) in [4.78, 5) is 16.6. The van der Waals surface area contributed by atoms with Crippen molar-refractivity contribution in [2.45, 2.75) is 58.0 Å². The molecular weight excluding hydrogens is 266 g/mol. The van der Waals surface area contributed by atoms with Crippen molar-refractivity contribution in [3.8, 4) is 0 Å². The Hall–Kier alpha value is -0.810. The molecule has 21 heavy (non-hydrogen) atoms. The molecule has 5 heteroatoms. The molecule has 2 saturated heterocycles. The number of hydrogen-bond donors (Lipinski definition) is 2. The summed E-state index contributed by atoms with van der Waals surface area (Å²) < 4.78 is 0. The first-order chi connectivity index (χ1) is 9.94. The number of urea groups is 1. The van der Waals surface area contributed by atoms with Gasteiger partial charge in [0.15, 0.2) is 0 Å². The molecular formula is C16H31N3O2. The summed E-state index contributed by atoms with van der Waals surface area (Å²) >= 11 is 0. The zero-order valence-electron chi connectivity index (χ0n) is 13.8. The van der Waals surface area contributed by atoms with Crippen LogP contribution >= 0.6 is 0 Å². The molecule has 2 fully saturated rings. The van der Waals surface area contributed by atoms with Crippen LogP contribution in [0.5, 0.6) is 0 Å². The third-order valence-electron chi connectivity index (χ3n) is 5.03. The molecule has 5 nitrogen and oxygen atoms in total. The molecule has 2 aliphatic rings. The summed E-state index contributed by atoms with van der Waals surface area (Å²) in [6.07, 6.45) is 4.46. The van der Waals surface area contributed by atoms with Crippen LogP contribution in [-0.2, 0) is 0 Å². The average Bonchev–Trinajstić information content (AvgIpc) is 2.93. The molecule has 2 rings (SSSR count). The van der Waals surface area contributed by atoms with Crippen molar-refractivity contribution in [1.82, 2.24) is 15.1 Å². The highest BCUT2D eigenvalue weighted by atomic mass is 16.3. The van der Waals surface area contributed by atoms with Crippen LogP contribution in [0.15, 0.2) is 0 Å². The molecule has 0 saturated carbocycles. The predicted octanol–water partition coefficient (Wildman–Crippen LogP) is 1.66. The van der Waals surface area contributed by atoms with E-state index in [0.717, 1.165) is 38.4 Å². The Morgan fingerprint density at radius 3 is 2.67 bits per heavy atom. The topological polar surface area (TPSA) is 55.8 Å². The van der Waals surface area contributed by atoms with Crippen LogP contribution in [0, 0.1) is 5.92 Å². The summed E-state index contributed by atoms with van der Waals surface area (Å²) in [5.74, 6) is 0.742. The van der Waals surface area contributed by atoms with Gasteiger partial charge in [-0.15, -0.1) is 0 Å². The molecule has 0 bridgehead atoms. The summed E-state index contributed by atoms with van der Waals surface area (Å²) in [5.41, 5.74) is -0.0151. The van der Waals surface area contributed by atoms with E-state index in [1.54, 1.807) is 4.90 Å². The average molecular weight is 297 g/mol. The molecule has 0 aromatic carbocycles. The van der Waals surface area contributed by atoms with Crippen molar-refractivity contribution >= 4 is 6.03 Å². The molecule has 0 aliphatic carbocycles. The zero-order chi connectivity index (χ0) is 15.5. The predicted molar refractivity (Wildman–Crippen MR) is 84.3 cm³/mol. The minimum Gasteiger partial charge on any atom is -0.394 e. The van der Waals surface area contributed by atoms with Crippen molar-refractivity contribution < 1.29 is 9.90 Å². The van der Waals surface area contributed by atoms with E-state index >= 15 is 0 Å². The van der Waals surface area contributed by atoms with Crippen LogP contribution in [0.2, 0.25) is 0 Å². The van der Waals surface area contributed by atoms with E-state index < -0.39 is 0 Å². The van der Waals surface area contributed by atoms with Gasteiger partial charge in [0.1, 0.15) is 0 Å².